The Hall–Kier alpha value is -1.39. The van der Waals surface area contributed by atoms with Crippen LogP contribution in [0.5, 0.6) is 5.75 Å². The molecular formula is C16H17BrFNO. The van der Waals surface area contributed by atoms with E-state index in [1.807, 2.05) is 31.2 Å². The molecule has 4 heteroatoms. The molecule has 0 saturated heterocycles. The Kier molecular flexibility index (Phi) is 4.78. The van der Waals surface area contributed by atoms with E-state index in [0.29, 0.717) is 12.0 Å². The number of rotatable bonds is 4. The second-order valence-electron chi connectivity index (χ2n) is 4.78. The molecule has 2 rings (SSSR count). The molecule has 0 aliphatic heterocycles. The fourth-order valence-corrected chi connectivity index (χ4v) is 2.51. The first-order valence-electron chi connectivity index (χ1n) is 6.35. The average Bonchev–Trinajstić information content (AvgIpc) is 2.41. The summed E-state index contributed by atoms with van der Waals surface area (Å²) < 4.78 is 19.8. The first kappa shape index (κ1) is 15.0. The van der Waals surface area contributed by atoms with Gasteiger partial charge in [0.1, 0.15) is 11.6 Å². The van der Waals surface area contributed by atoms with Crippen molar-refractivity contribution in [1.82, 2.24) is 0 Å². The van der Waals surface area contributed by atoms with Crippen LogP contribution in [0.3, 0.4) is 0 Å². The molecule has 0 amide bonds. The number of ether oxygens (including phenoxy) is 1. The molecule has 0 heterocycles. The average molecular weight is 338 g/mol. The molecule has 0 bridgehead atoms. The van der Waals surface area contributed by atoms with Crippen LogP contribution in [0.4, 0.5) is 4.39 Å². The number of hydrogen-bond acceptors (Lipinski definition) is 2. The maximum Gasteiger partial charge on any atom is 0.127 e. The summed E-state index contributed by atoms with van der Waals surface area (Å²) in [7, 11) is 1.64. The fraction of sp³-hybridized carbons (Fsp3) is 0.250. The molecule has 2 nitrogen and oxygen atoms in total. The fourth-order valence-electron chi connectivity index (χ4n) is 2.17. The van der Waals surface area contributed by atoms with Crippen LogP contribution < -0.4 is 10.5 Å². The van der Waals surface area contributed by atoms with E-state index in [9.17, 15) is 4.39 Å². The molecule has 2 aromatic rings. The van der Waals surface area contributed by atoms with Gasteiger partial charge >= 0.3 is 0 Å². The number of nitrogens with two attached hydrogens (primary N) is 1. The van der Waals surface area contributed by atoms with Crippen molar-refractivity contribution in [3.63, 3.8) is 0 Å². The SMILES string of the molecule is COc1ccc(C(N)Cc2ccc(Br)cc2F)cc1C. The van der Waals surface area contributed by atoms with Gasteiger partial charge in [-0.15, -0.1) is 0 Å². The lowest BCUT2D eigenvalue weighted by atomic mass is 9.98. The van der Waals surface area contributed by atoms with Crippen LogP contribution in [-0.2, 0) is 6.42 Å². The first-order chi connectivity index (χ1) is 9.51. The molecule has 106 valence electrons. The summed E-state index contributed by atoms with van der Waals surface area (Å²) in [6.07, 6.45) is 0.463. The summed E-state index contributed by atoms with van der Waals surface area (Å²) in [4.78, 5) is 0. The van der Waals surface area contributed by atoms with Crippen LogP contribution in [0.1, 0.15) is 22.7 Å². The lowest BCUT2D eigenvalue weighted by molar-refractivity contribution is 0.411. The van der Waals surface area contributed by atoms with Gasteiger partial charge < -0.3 is 10.5 Å². The first-order valence-corrected chi connectivity index (χ1v) is 7.14. The number of aryl methyl sites for hydroxylation is 1. The Labute approximate surface area is 126 Å². The third-order valence-corrected chi connectivity index (χ3v) is 3.80. The van der Waals surface area contributed by atoms with Crippen molar-refractivity contribution < 1.29 is 9.13 Å². The van der Waals surface area contributed by atoms with Gasteiger partial charge in [-0.25, -0.2) is 4.39 Å². The Balaban J connectivity index is 2.19. The molecule has 2 aromatic carbocycles. The standard InChI is InChI=1S/C16H17BrFNO/c1-10-7-12(4-6-16(10)20-2)15(19)8-11-3-5-13(17)9-14(11)18/h3-7,9,15H,8,19H2,1-2H3. The zero-order chi connectivity index (χ0) is 14.7. The predicted molar refractivity (Wildman–Crippen MR) is 82.5 cm³/mol. The van der Waals surface area contributed by atoms with Gasteiger partial charge in [0.15, 0.2) is 0 Å². The van der Waals surface area contributed by atoms with Gasteiger partial charge in [-0.05, 0) is 48.2 Å². The van der Waals surface area contributed by atoms with E-state index < -0.39 is 0 Å². The molecule has 0 radical (unpaired) electrons. The predicted octanol–water partition coefficient (Wildman–Crippen LogP) is 4.15. The van der Waals surface area contributed by atoms with Gasteiger partial charge in [-0.2, -0.15) is 0 Å². The second-order valence-corrected chi connectivity index (χ2v) is 5.69. The van der Waals surface area contributed by atoms with Crippen molar-refractivity contribution in [2.24, 2.45) is 5.73 Å². The van der Waals surface area contributed by atoms with Gasteiger partial charge in [0.05, 0.1) is 7.11 Å². The molecule has 0 aliphatic carbocycles. The van der Waals surface area contributed by atoms with Crippen molar-refractivity contribution in [2.75, 3.05) is 7.11 Å². The molecule has 0 fully saturated rings. The number of halogens is 2. The minimum absolute atomic E-state index is 0.236. The number of methoxy groups -OCH3 is 1. The summed E-state index contributed by atoms with van der Waals surface area (Å²) in [6.45, 7) is 1.97. The summed E-state index contributed by atoms with van der Waals surface area (Å²) in [5.74, 6) is 0.593. The quantitative estimate of drug-likeness (QED) is 0.909. The van der Waals surface area contributed by atoms with Gasteiger partial charge in [0, 0.05) is 10.5 Å². The molecule has 1 atom stereocenters. The number of hydrogen-bond donors (Lipinski definition) is 1. The highest BCUT2D eigenvalue weighted by Crippen LogP contribution is 2.25. The van der Waals surface area contributed by atoms with Gasteiger partial charge in [-0.3, -0.25) is 0 Å². The van der Waals surface area contributed by atoms with Crippen LogP contribution in [-0.4, -0.2) is 7.11 Å². The van der Waals surface area contributed by atoms with Crippen molar-refractivity contribution in [1.29, 1.82) is 0 Å². The maximum atomic E-state index is 13.8. The van der Waals surface area contributed by atoms with E-state index >= 15 is 0 Å². The molecule has 0 aromatic heterocycles. The summed E-state index contributed by atoms with van der Waals surface area (Å²) >= 11 is 3.25. The van der Waals surface area contributed by atoms with E-state index in [1.54, 1.807) is 13.2 Å². The molecule has 0 saturated carbocycles. The minimum atomic E-state index is -0.240. The Morgan fingerprint density at radius 1 is 1.25 bits per heavy atom. The van der Waals surface area contributed by atoms with E-state index in [2.05, 4.69) is 15.9 Å². The monoisotopic (exact) mass is 337 g/mol. The topological polar surface area (TPSA) is 35.2 Å². The van der Waals surface area contributed by atoms with Gasteiger partial charge in [0.2, 0.25) is 0 Å². The maximum absolute atomic E-state index is 13.8. The molecule has 0 aliphatic rings. The lowest BCUT2D eigenvalue weighted by Gasteiger charge is -2.15. The van der Waals surface area contributed by atoms with E-state index in [0.717, 1.165) is 21.3 Å². The van der Waals surface area contributed by atoms with Crippen LogP contribution in [0.25, 0.3) is 0 Å². The molecule has 20 heavy (non-hydrogen) atoms. The van der Waals surface area contributed by atoms with Crippen molar-refractivity contribution in [2.45, 2.75) is 19.4 Å². The van der Waals surface area contributed by atoms with Crippen LogP contribution in [0.2, 0.25) is 0 Å². The third kappa shape index (κ3) is 3.38. The Morgan fingerprint density at radius 2 is 2.00 bits per heavy atom. The van der Waals surface area contributed by atoms with E-state index in [1.165, 1.54) is 6.07 Å². The number of benzene rings is 2. The summed E-state index contributed by atoms with van der Waals surface area (Å²) in [6, 6.07) is 10.6. The third-order valence-electron chi connectivity index (χ3n) is 3.30. The van der Waals surface area contributed by atoms with E-state index in [-0.39, 0.29) is 11.9 Å². The molecular weight excluding hydrogens is 321 g/mol. The van der Waals surface area contributed by atoms with Crippen molar-refractivity contribution in [3.8, 4) is 5.75 Å². The van der Waals surface area contributed by atoms with E-state index in [4.69, 9.17) is 10.5 Å². The smallest absolute Gasteiger partial charge is 0.127 e. The summed E-state index contributed by atoms with van der Waals surface area (Å²) in [5.41, 5.74) is 8.80. The second kappa shape index (κ2) is 6.37. The van der Waals surface area contributed by atoms with Crippen LogP contribution in [0, 0.1) is 12.7 Å². The van der Waals surface area contributed by atoms with Gasteiger partial charge in [0.25, 0.3) is 0 Å². The van der Waals surface area contributed by atoms with Crippen molar-refractivity contribution in [3.05, 3.63) is 63.4 Å². The zero-order valence-corrected chi connectivity index (χ0v) is 13.1. The van der Waals surface area contributed by atoms with Crippen LogP contribution >= 0.6 is 15.9 Å². The normalized spacial score (nSPS) is 12.2. The molecule has 0 spiro atoms. The Morgan fingerprint density at radius 3 is 2.60 bits per heavy atom. The summed E-state index contributed by atoms with van der Waals surface area (Å²) in [5, 5.41) is 0. The lowest BCUT2D eigenvalue weighted by Crippen LogP contribution is -2.14. The molecule has 2 N–H and O–H groups in total. The van der Waals surface area contributed by atoms with Gasteiger partial charge in [-0.1, -0.05) is 34.1 Å². The zero-order valence-electron chi connectivity index (χ0n) is 11.5. The largest absolute Gasteiger partial charge is 0.496 e. The highest BCUT2D eigenvalue weighted by atomic mass is 79.9. The highest BCUT2D eigenvalue weighted by Gasteiger charge is 2.12. The van der Waals surface area contributed by atoms with Crippen molar-refractivity contribution >= 4 is 15.9 Å². The molecule has 1 unspecified atom stereocenters. The van der Waals surface area contributed by atoms with Crippen LogP contribution in [0.15, 0.2) is 40.9 Å². The highest BCUT2D eigenvalue weighted by molar-refractivity contribution is 9.10. The minimum Gasteiger partial charge on any atom is -0.496 e. The Bertz CT molecular complexity index is 615.